The predicted octanol–water partition coefficient (Wildman–Crippen LogP) is 3.97. The summed E-state index contributed by atoms with van der Waals surface area (Å²) in [6.07, 6.45) is 6.21. The molecule has 1 heterocycles. The lowest BCUT2D eigenvalue weighted by atomic mass is 9.97. The molecule has 7 heteroatoms. The first-order valence-electron chi connectivity index (χ1n) is 11.1. The number of hydrogen-bond acceptors (Lipinski definition) is 4. The van der Waals surface area contributed by atoms with Gasteiger partial charge in [-0.1, -0.05) is 45.2 Å². The van der Waals surface area contributed by atoms with Crippen molar-refractivity contribution in [2.75, 3.05) is 13.7 Å². The second kappa shape index (κ2) is 12.9. The molecule has 2 rings (SSSR count). The molecule has 0 aliphatic heterocycles. The number of benzene rings is 1. The number of rotatable bonds is 12. The van der Waals surface area contributed by atoms with Crippen molar-refractivity contribution < 1.29 is 4.74 Å². The molecule has 166 valence electrons. The predicted molar refractivity (Wildman–Crippen MR) is 123 cm³/mol. The summed E-state index contributed by atoms with van der Waals surface area (Å²) in [5, 5.41) is 15.4. The van der Waals surface area contributed by atoms with Crippen molar-refractivity contribution in [2.45, 2.75) is 66.0 Å². The number of nitrogens with one attached hydrogen (secondary N) is 2. The summed E-state index contributed by atoms with van der Waals surface area (Å²) in [5.41, 5.74) is 1.14. The number of aromatic nitrogens is 3. The van der Waals surface area contributed by atoms with E-state index in [-0.39, 0.29) is 0 Å². The molecule has 0 aliphatic rings. The fourth-order valence-electron chi connectivity index (χ4n) is 3.33. The van der Waals surface area contributed by atoms with E-state index in [0.29, 0.717) is 19.0 Å². The minimum atomic E-state index is 0.583. The number of guanidine groups is 1. The van der Waals surface area contributed by atoms with Crippen molar-refractivity contribution in [3.63, 3.8) is 0 Å². The molecule has 7 nitrogen and oxygen atoms in total. The molecule has 0 radical (unpaired) electrons. The quantitative estimate of drug-likeness (QED) is 0.406. The van der Waals surface area contributed by atoms with E-state index in [2.05, 4.69) is 34.7 Å². The molecule has 0 bridgehead atoms. The van der Waals surface area contributed by atoms with Gasteiger partial charge in [0.2, 0.25) is 0 Å². The van der Waals surface area contributed by atoms with Gasteiger partial charge in [-0.2, -0.15) is 0 Å². The Morgan fingerprint density at radius 3 is 2.47 bits per heavy atom. The lowest BCUT2D eigenvalue weighted by molar-refractivity contribution is 0.414. The van der Waals surface area contributed by atoms with Crippen molar-refractivity contribution in [1.82, 2.24) is 25.4 Å². The van der Waals surface area contributed by atoms with Gasteiger partial charge < -0.3 is 19.9 Å². The third-order valence-corrected chi connectivity index (χ3v) is 5.40. The van der Waals surface area contributed by atoms with Crippen molar-refractivity contribution in [3.8, 4) is 5.75 Å². The van der Waals surface area contributed by atoms with Gasteiger partial charge in [-0.25, -0.2) is 4.99 Å². The maximum atomic E-state index is 5.24. The minimum absolute atomic E-state index is 0.583. The van der Waals surface area contributed by atoms with Crippen molar-refractivity contribution in [1.29, 1.82) is 0 Å². The van der Waals surface area contributed by atoms with Crippen LogP contribution in [0, 0.1) is 12.8 Å². The first-order valence-corrected chi connectivity index (χ1v) is 11.1. The van der Waals surface area contributed by atoms with Gasteiger partial charge in [-0.05, 0) is 43.4 Å². The van der Waals surface area contributed by atoms with E-state index in [1.807, 2.05) is 42.8 Å². The molecule has 1 unspecified atom stereocenters. The summed E-state index contributed by atoms with van der Waals surface area (Å²) in [6.45, 7) is 8.58. The average Bonchev–Trinajstić information content (AvgIpc) is 3.09. The highest BCUT2D eigenvalue weighted by Crippen LogP contribution is 2.14. The summed E-state index contributed by atoms with van der Waals surface area (Å²) in [5.74, 6) is 4.13. The zero-order valence-electron chi connectivity index (χ0n) is 19.2. The SMILES string of the molecule is CCCCC(CCC)CNC(=NCc1ccc(OC)cc1)NCc1nnc(C)n1C. The lowest BCUT2D eigenvalue weighted by Crippen LogP contribution is -2.40. The van der Waals surface area contributed by atoms with Crippen molar-refractivity contribution >= 4 is 5.96 Å². The lowest BCUT2D eigenvalue weighted by Gasteiger charge is -2.19. The van der Waals surface area contributed by atoms with Gasteiger partial charge >= 0.3 is 0 Å². The van der Waals surface area contributed by atoms with Gasteiger partial charge in [0, 0.05) is 13.6 Å². The van der Waals surface area contributed by atoms with Crippen LogP contribution in [0.15, 0.2) is 29.3 Å². The topological polar surface area (TPSA) is 76.4 Å². The molecule has 1 aromatic carbocycles. The molecule has 0 fully saturated rings. The molecule has 1 aromatic heterocycles. The normalized spacial score (nSPS) is 12.6. The van der Waals surface area contributed by atoms with E-state index in [0.717, 1.165) is 35.5 Å². The first kappa shape index (κ1) is 23.7. The molecular formula is C23H38N6O. The number of unbranched alkanes of at least 4 members (excludes halogenated alkanes) is 1. The number of aliphatic imine (C=N–C) groups is 1. The van der Waals surface area contributed by atoms with Crippen LogP contribution in [-0.4, -0.2) is 34.4 Å². The van der Waals surface area contributed by atoms with E-state index >= 15 is 0 Å². The molecule has 0 saturated carbocycles. The Labute approximate surface area is 181 Å². The number of nitrogens with zero attached hydrogens (tertiary/aromatic N) is 4. The zero-order chi connectivity index (χ0) is 21.8. The minimum Gasteiger partial charge on any atom is -0.497 e. The average molecular weight is 415 g/mol. The summed E-state index contributed by atoms with van der Waals surface area (Å²) in [6, 6.07) is 8.03. The van der Waals surface area contributed by atoms with Gasteiger partial charge in [-0.15, -0.1) is 10.2 Å². The molecular weight excluding hydrogens is 376 g/mol. The summed E-state index contributed by atoms with van der Waals surface area (Å²) >= 11 is 0. The molecule has 1 atom stereocenters. The van der Waals surface area contributed by atoms with Crippen LogP contribution in [0.25, 0.3) is 0 Å². The highest BCUT2D eigenvalue weighted by molar-refractivity contribution is 5.79. The maximum absolute atomic E-state index is 5.24. The Kier molecular flexibility index (Phi) is 10.2. The maximum Gasteiger partial charge on any atom is 0.191 e. The second-order valence-electron chi connectivity index (χ2n) is 7.77. The third-order valence-electron chi connectivity index (χ3n) is 5.40. The van der Waals surface area contributed by atoms with Crippen LogP contribution in [0.3, 0.4) is 0 Å². The van der Waals surface area contributed by atoms with E-state index in [4.69, 9.17) is 9.73 Å². The van der Waals surface area contributed by atoms with Gasteiger partial charge in [0.05, 0.1) is 20.2 Å². The molecule has 2 N–H and O–H groups in total. The molecule has 0 saturated heterocycles. The molecule has 2 aromatic rings. The third kappa shape index (κ3) is 7.69. The largest absolute Gasteiger partial charge is 0.497 e. The fraction of sp³-hybridized carbons (Fsp3) is 0.609. The molecule has 0 spiro atoms. The van der Waals surface area contributed by atoms with Crippen molar-refractivity contribution in [2.24, 2.45) is 18.0 Å². The zero-order valence-corrected chi connectivity index (χ0v) is 19.2. The second-order valence-corrected chi connectivity index (χ2v) is 7.77. The Morgan fingerprint density at radius 1 is 1.10 bits per heavy atom. The van der Waals surface area contributed by atoms with Crippen LogP contribution in [0.5, 0.6) is 5.75 Å². The van der Waals surface area contributed by atoms with E-state index in [1.165, 1.54) is 32.1 Å². The van der Waals surface area contributed by atoms with Gasteiger partial charge in [0.1, 0.15) is 11.6 Å². The van der Waals surface area contributed by atoms with E-state index in [9.17, 15) is 0 Å². The fourth-order valence-corrected chi connectivity index (χ4v) is 3.33. The Bertz CT molecular complexity index is 769. The van der Waals surface area contributed by atoms with Crippen LogP contribution in [0.2, 0.25) is 0 Å². The van der Waals surface area contributed by atoms with Gasteiger partial charge in [0.25, 0.3) is 0 Å². The summed E-state index contributed by atoms with van der Waals surface area (Å²) in [7, 11) is 3.66. The van der Waals surface area contributed by atoms with Crippen molar-refractivity contribution in [3.05, 3.63) is 41.5 Å². The molecule has 30 heavy (non-hydrogen) atoms. The van der Waals surface area contributed by atoms with Crippen LogP contribution in [0.1, 0.15) is 63.2 Å². The highest BCUT2D eigenvalue weighted by atomic mass is 16.5. The van der Waals surface area contributed by atoms with E-state index < -0.39 is 0 Å². The molecule has 0 aliphatic carbocycles. The van der Waals surface area contributed by atoms with Gasteiger partial charge in [0.15, 0.2) is 11.8 Å². The Morgan fingerprint density at radius 2 is 1.87 bits per heavy atom. The van der Waals surface area contributed by atoms with Crippen LogP contribution in [-0.2, 0) is 20.1 Å². The Hall–Kier alpha value is -2.57. The smallest absolute Gasteiger partial charge is 0.191 e. The van der Waals surface area contributed by atoms with Crippen LogP contribution >= 0.6 is 0 Å². The number of aryl methyl sites for hydroxylation is 1. The summed E-state index contributed by atoms with van der Waals surface area (Å²) < 4.78 is 7.24. The first-order chi connectivity index (χ1) is 14.6. The number of ether oxygens (including phenoxy) is 1. The standard InChI is InChI=1S/C23H38N6O/c1-6-8-10-19(9-7-2)15-24-23(26-17-22-28-27-18(3)29(22)4)25-16-20-11-13-21(30-5)14-12-20/h11-14,19H,6-10,15-17H2,1-5H3,(H2,24,25,26). The van der Waals surface area contributed by atoms with Crippen LogP contribution in [0.4, 0.5) is 0 Å². The molecule has 0 amide bonds. The highest BCUT2D eigenvalue weighted by Gasteiger charge is 2.10. The number of methoxy groups -OCH3 is 1. The van der Waals surface area contributed by atoms with E-state index in [1.54, 1.807) is 7.11 Å². The summed E-state index contributed by atoms with van der Waals surface area (Å²) in [4.78, 5) is 4.81. The number of hydrogen-bond donors (Lipinski definition) is 2. The Balaban J connectivity index is 2.04. The monoisotopic (exact) mass is 414 g/mol. The van der Waals surface area contributed by atoms with Crippen LogP contribution < -0.4 is 15.4 Å². The van der Waals surface area contributed by atoms with Gasteiger partial charge in [-0.3, -0.25) is 0 Å².